The Labute approximate surface area is 155 Å². The molecule has 3 nitrogen and oxygen atoms in total. The largest absolute Gasteiger partial charge is 0.480 e. The van der Waals surface area contributed by atoms with Crippen LogP contribution in [0.3, 0.4) is 0 Å². The second-order valence-corrected chi connectivity index (χ2v) is 6.57. The number of rotatable bonds is 6. The van der Waals surface area contributed by atoms with Crippen molar-refractivity contribution in [3.8, 4) is 5.75 Å². The average molecular weight is 347 g/mol. The van der Waals surface area contributed by atoms with Gasteiger partial charge in [-0.05, 0) is 53.8 Å². The zero-order valence-electron chi connectivity index (χ0n) is 15.6. The van der Waals surface area contributed by atoms with E-state index in [2.05, 4.69) is 29.6 Å². The summed E-state index contributed by atoms with van der Waals surface area (Å²) in [5.41, 5.74) is 3.35. The molecule has 0 heterocycles. The molecule has 0 aliphatic rings. The number of aryl methyl sites for hydroxylation is 1. The molecule has 0 bridgehead atoms. The average Bonchev–Trinajstić information content (AvgIpc) is 2.67. The van der Waals surface area contributed by atoms with Crippen LogP contribution < -0.4 is 10.1 Å². The maximum atomic E-state index is 12.6. The van der Waals surface area contributed by atoms with Gasteiger partial charge in [0.25, 0.3) is 5.91 Å². The van der Waals surface area contributed by atoms with Crippen LogP contribution in [0, 0.1) is 13.8 Å². The number of hydrogen-bond acceptors (Lipinski definition) is 2. The maximum absolute atomic E-state index is 12.6. The molecule has 0 saturated carbocycles. The van der Waals surface area contributed by atoms with E-state index in [4.69, 9.17) is 4.74 Å². The zero-order valence-corrected chi connectivity index (χ0v) is 15.6. The number of hydrogen-bond donors (Lipinski definition) is 1. The summed E-state index contributed by atoms with van der Waals surface area (Å²) in [6.45, 7) is 6.52. The highest BCUT2D eigenvalue weighted by molar-refractivity contribution is 5.86. The summed E-state index contributed by atoms with van der Waals surface area (Å²) in [5, 5.41) is 5.38. The lowest BCUT2D eigenvalue weighted by Gasteiger charge is -2.19. The lowest BCUT2D eigenvalue weighted by atomic mass is 10.0. The number of nitrogens with one attached hydrogen (secondary N) is 1. The van der Waals surface area contributed by atoms with E-state index in [0.29, 0.717) is 13.0 Å². The first-order valence-electron chi connectivity index (χ1n) is 9.07. The Balaban J connectivity index is 1.70. The topological polar surface area (TPSA) is 38.3 Å². The molecule has 1 N–H and O–H groups in total. The number of ether oxygens (including phenoxy) is 1. The summed E-state index contributed by atoms with van der Waals surface area (Å²) in [6, 6.07) is 20.3. The maximum Gasteiger partial charge on any atom is 0.261 e. The summed E-state index contributed by atoms with van der Waals surface area (Å²) < 4.78 is 6.00. The van der Waals surface area contributed by atoms with Crippen molar-refractivity contribution in [3.63, 3.8) is 0 Å². The Morgan fingerprint density at radius 1 is 1.00 bits per heavy atom. The number of fused-ring (bicyclic) bond motifs is 1. The smallest absolute Gasteiger partial charge is 0.261 e. The van der Waals surface area contributed by atoms with Crippen molar-refractivity contribution < 1.29 is 9.53 Å². The lowest BCUT2D eigenvalue weighted by Crippen LogP contribution is -2.37. The fourth-order valence-electron chi connectivity index (χ4n) is 3.07. The van der Waals surface area contributed by atoms with Gasteiger partial charge < -0.3 is 10.1 Å². The fourth-order valence-corrected chi connectivity index (χ4v) is 3.07. The van der Waals surface area contributed by atoms with E-state index in [1.807, 2.05) is 57.2 Å². The van der Waals surface area contributed by atoms with Crippen LogP contribution >= 0.6 is 0 Å². The fraction of sp³-hybridized carbons (Fsp3) is 0.261. The number of carbonyl (C=O) groups is 1. The van der Waals surface area contributed by atoms with Crippen LogP contribution in [-0.2, 0) is 11.3 Å². The Morgan fingerprint density at radius 3 is 2.54 bits per heavy atom. The van der Waals surface area contributed by atoms with Crippen molar-refractivity contribution >= 4 is 16.7 Å². The zero-order chi connectivity index (χ0) is 18.5. The van der Waals surface area contributed by atoms with Gasteiger partial charge in [-0.1, -0.05) is 61.5 Å². The van der Waals surface area contributed by atoms with E-state index in [1.165, 1.54) is 10.8 Å². The van der Waals surface area contributed by atoms with Gasteiger partial charge in [-0.25, -0.2) is 0 Å². The minimum atomic E-state index is -0.495. The first-order valence-corrected chi connectivity index (χ1v) is 9.07. The van der Waals surface area contributed by atoms with Crippen LogP contribution in [0.15, 0.2) is 60.7 Å². The van der Waals surface area contributed by atoms with Gasteiger partial charge in [0.05, 0.1) is 0 Å². The highest BCUT2D eigenvalue weighted by atomic mass is 16.5. The van der Waals surface area contributed by atoms with E-state index in [0.717, 1.165) is 22.4 Å². The van der Waals surface area contributed by atoms with Crippen molar-refractivity contribution in [2.75, 3.05) is 0 Å². The number of carbonyl (C=O) groups excluding carboxylic acids is 1. The minimum absolute atomic E-state index is 0.0821. The SMILES string of the molecule is CCC(Oc1cccc(C)c1C)C(=O)NCc1cccc2ccccc12. The molecule has 0 saturated heterocycles. The third-order valence-corrected chi connectivity index (χ3v) is 4.82. The van der Waals surface area contributed by atoms with Gasteiger partial charge in [-0.2, -0.15) is 0 Å². The summed E-state index contributed by atoms with van der Waals surface area (Å²) in [6.07, 6.45) is 0.125. The second kappa shape index (κ2) is 8.05. The molecule has 0 spiro atoms. The number of amides is 1. The second-order valence-electron chi connectivity index (χ2n) is 6.57. The van der Waals surface area contributed by atoms with E-state index >= 15 is 0 Å². The molecule has 134 valence electrons. The predicted molar refractivity (Wildman–Crippen MR) is 106 cm³/mol. The van der Waals surface area contributed by atoms with Crippen molar-refractivity contribution in [1.82, 2.24) is 5.32 Å². The van der Waals surface area contributed by atoms with Gasteiger partial charge in [0, 0.05) is 6.54 Å². The van der Waals surface area contributed by atoms with Gasteiger partial charge in [-0.15, -0.1) is 0 Å². The van der Waals surface area contributed by atoms with Gasteiger partial charge in [0.15, 0.2) is 6.10 Å². The molecule has 0 aliphatic carbocycles. The molecule has 1 unspecified atom stereocenters. The molecule has 1 atom stereocenters. The summed E-state index contributed by atoms with van der Waals surface area (Å²) in [7, 11) is 0. The predicted octanol–water partition coefficient (Wildman–Crippen LogP) is 4.93. The van der Waals surface area contributed by atoms with Crippen LogP contribution in [0.4, 0.5) is 0 Å². The van der Waals surface area contributed by atoms with E-state index in [-0.39, 0.29) is 5.91 Å². The molecule has 3 aromatic rings. The third-order valence-electron chi connectivity index (χ3n) is 4.82. The highest BCUT2D eigenvalue weighted by Gasteiger charge is 2.19. The lowest BCUT2D eigenvalue weighted by molar-refractivity contribution is -0.128. The molecule has 3 heteroatoms. The molecule has 0 aromatic heterocycles. The first-order chi connectivity index (χ1) is 12.6. The van der Waals surface area contributed by atoms with Crippen LogP contribution in [0.25, 0.3) is 10.8 Å². The monoisotopic (exact) mass is 347 g/mol. The molecule has 1 amide bonds. The van der Waals surface area contributed by atoms with Gasteiger partial charge in [0.2, 0.25) is 0 Å². The van der Waals surface area contributed by atoms with E-state index < -0.39 is 6.10 Å². The summed E-state index contributed by atoms with van der Waals surface area (Å²) >= 11 is 0. The standard InChI is InChI=1S/C23H25NO2/c1-4-21(26-22-14-7-9-16(2)17(22)3)23(25)24-15-19-12-8-11-18-10-5-6-13-20(18)19/h5-14,21H,4,15H2,1-3H3,(H,24,25). The van der Waals surface area contributed by atoms with Crippen LogP contribution in [-0.4, -0.2) is 12.0 Å². The molecule has 0 aliphatic heterocycles. The molecule has 3 rings (SSSR count). The summed E-state index contributed by atoms with van der Waals surface area (Å²) in [5.74, 6) is 0.693. The van der Waals surface area contributed by atoms with Gasteiger partial charge in [-0.3, -0.25) is 4.79 Å². The highest BCUT2D eigenvalue weighted by Crippen LogP contribution is 2.23. The van der Waals surface area contributed by atoms with Crippen molar-refractivity contribution in [2.45, 2.75) is 39.8 Å². The van der Waals surface area contributed by atoms with Crippen LogP contribution in [0.2, 0.25) is 0 Å². The van der Waals surface area contributed by atoms with Gasteiger partial charge >= 0.3 is 0 Å². The Kier molecular flexibility index (Phi) is 5.57. The van der Waals surface area contributed by atoms with E-state index in [1.54, 1.807) is 0 Å². The Hall–Kier alpha value is -2.81. The molecule has 0 fully saturated rings. The first kappa shape index (κ1) is 18.0. The minimum Gasteiger partial charge on any atom is -0.480 e. The van der Waals surface area contributed by atoms with E-state index in [9.17, 15) is 4.79 Å². The normalized spacial score (nSPS) is 12.0. The van der Waals surface area contributed by atoms with Crippen molar-refractivity contribution in [3.05, 3.63) is 77.4 Å². The van der Waals surface area contributed by atoms with Crippen LogP contribution in [0.1, 0.15) is 30.0 Å². The van der Waals surface area contributed by atoms with Crippen molar-refractivity contribution in [1.29, 1.82) is 0 Å². The molecular weight excluding hydrogens is 322 g/mol. The summed E-state index contributed by atoms with van der Waals surface area (Å²) in [4.78, 5) is 12.6. The molecule has 26 heavy (non-hydrogen) atoms. The third kappa shape index (κ3) is 3.88. The van der Waals surface area contributed by atoms with Gasteiger partial charge in [0.1, 0.15) is 5.75 Å². The molecular formula is C23H25NO2. The van der Waals surface area contributed by atoms with Crippen LogP contribution in [0.5, 0.6) is 5.75 Å². The number of benzene rings is 3. The molecule has 3 aromatic carbocycles. The Bertz CT molecular complexity index is 912. The quantitative estimate of drug-likeness (QED) is 0.686. The van der Waals surface area contributed by atoms with Crippen molar-refractivity contribution in [2.24, 2.45) is 0 Å². The Morgan fingerprint density at radius 2 is 1.73 bits per heavy atom. The molecule has 0 radical (unpaired) electrons.